The second kappa shape index (κ2) is 13.5. The van der Waals surface area contributed by atoms with E-state index in [1.165, 1.54) is 0 Å². The summed E-state index contributed by atoms with van der Waals surface area (Å²) in [5.41, 5.74) is -0.108. The first-order valence-electron chi connectivity index (χ1n) is 14.8. The molecule has 0 saturated carbocycles. The van der Waals surface area contributed by atoms with Crippen LogP contribution in [0.4, 0.5) is 4.79 Å². The van der Waals surface area contributed by atoms with E-state index in [0.29, 0.717) is 43.5 Å². The number of likely N-dealkylation sites (tertiary alicyclic amines) is 1. The van der Waals surface area contributed by atoms with Gasteiger partial charge < -0.3 is 29.9 Å². The van der Waals surface area contributed by atoms with Crippen LogP contribution < -0.4 is 15.4 Å². The number of benzene rings is 1. The van der Waals surface area contributed by atoms with Gasteiger partial charge in [0.25, 0.3) is 5.91 Å². The van der Waals surface area contributed by atoms with Gasteiger partial charge in [0.05, 0.1) is 18.6 Å². The minimum atomic E-state index is -0.708. The lowest BCUT2D eigenvalue weighted by molar-refractivity contribution is -0.138. The minimum absolute atomic E-state index is 0.0963. The molecule has 0 aromatic heterocycles. The monoisotopic (exact) mass is 571 g/mol. The highest BCUT2D eigenvalue weighted by atomic mass is 16.6. The van der Waals surface area contributed by atoms with Crippen LogP contribution in [0.3, 0.4) is 0 Å². The van der Waals surface area contributed by atoms with Gasteiger partial charge in [0.2, 0.25) is 11.8 Å². The van der Waals surface area contributed by atoms with E-state index in [2.05, 4.69) is 15.5 Å². The van der Waals surface area contributed by atoms with Crippen LogP contribution >= 0.6 is 0 Å². The SMILES string of the molecule is CN1CCCC[C@H](NC(=O)CN2CCCC2)C(=O)N2C[C@@H](NC(=O)OC(C)(C)C)C[C@H]2COc2cccc(c2)C1=O. The van der Waals surface area contributed by atoms with E-state index in [9.17, 15) is 19.2 Å². The van der Waals surface area contributed by atoms with E-state index >= 15 is 0 Å². The van der Waals surface area contributed by atoms with Gasteiger partial charge in [0.15, 0.2) is 0 Å². The van der Waals surface area contributed by atoms with Gasteiger partial charge in [-0.05, 0) is 90.6 Å². The van der Waals surface area contributed by atoms with Crippen molar-refractivity contribution in [2.45, 2.75) is 83.0 Å². The molecule has 3 atom stereocenters. The molecular formula is C30H45N5O6. The summed E-state index contributed by atoms with van der Waals surface area (Å²) >= 11 is 0. The molecule has 0 aliphatic carbocycles. The molecule has 41 heavy (non-hydrogen) atoms. The van der Waals surface area contributed by atoms with E-state index in [1.807, 2.05) is 0 Å². The number of nitrogens with zero attached hydrogens (tertiary/aromatic N) is 3. The summed E-state index contributed by atoms with van der Waals surface area (Å²) in [6.07, 6.45) is 3.89. The number of alkyl carbamates (subject to hydrolysis) is 1. The first kappa shape index (κ1) is 30.6. The van der Waals surface area contributed by atoms with E-state index < -0.39 is 17.7 Å². The summed E-state index contributed by atoms with van der Waals surface area (Å²) in [6.45, 7) is 8.43. The maximum absolute atomic E-state index is 14.0. The third-order valence-corrected chi connectivity index (χ3v) is 7.72. The largest absolute Gasteiger partial charge is 0.491 e. The molecule has 226 valence electrons. The number of nitrogens with one attached hydrogen (secondary N) is 2. The zero-order valence-electron chi connectivity index (χ0n) is 24.8. The lowest BCUT2D eigenvalue weighted by Crippen LogP contribution is -2.53. The number of amides is 4. The van der Waals surface area contributed by atoms with E-state index in [4.69, 9.17) is 9.47 Å². The van der Waals surface area contributed by atoms with Crippen LogP contribution in [0.5, 0.6) is 5.75 Å². The highest BCUT2D eigenvalue weighted by Gasteiger charge is 2.40. The summed E-state index contributed by atoms with van der Waals surface area (Å²) in [7, 11) is 1.77. The normalized spacial score (nSPS) is 24.6. The van der Waals surface area contributed by atoms with Gasteiger partial charge in [0.1, 0.15) is 24.0 Å². The number of fused-ring (bicyclic) bond motifs is 3. The van der Waals surface area contributed by atoms with Crippen molar-refractivity contribution < 1.29 is 28.7 Å². The third-order valence-electron chi connectivity index (χ3n) is 7.72. The Kier molecular flexibility index (Phi) is 10.1. The summed E-state index contributed by atoms with van der Waals surface area (Å²) in [5.74, 6) is 0.0864. The van der Waals surface area contributed by atoms with Crippen LogP contribution in [-0.2, 0) is 14.3 Å². The van der Waals surface area contributed by atoms with Crippen molar-refractivity contribution in [2.24, 2.45) is 0 Å². The van der Waals surface area contributed by atoms with Crippen molar-refractivity contribution in [1.29, 1.82) is 0 Å². The standard InChI is InChI=1S/C30H45N5O6/c1-30(2,3)41-29(39)31-22-17-23-20-40-24-11-9-10-21(16-24)27(37)33(4)13-6-5-12-25(28(38)35(23)18-22)32-26(36)19-34-14-7-8-15-34/h9-11,16,22-23,25H,5-8,12-15,17-20H2,1-4H3,(H,31,39)(H,32,36)/t22-,23-,25-/m0/s1. The van der Waals surface area contributed by atoms with Crippen LogP contribution in [-0.4, -0.2) is 109 Å². The Balaban J connectivity index is 1.54. The first-order valence-corrected chi connectivity index (χ1v) is 14.8. The minimum Gasteiger partial charge on any atom is -0.491 e. The van der Waals surface area contributed by atoms with Gasteiger partial charge in [-0.15, -0.1) is 0 Å². The first-order chi connectivity index (χ1) is 19.5. The smallest absolute Gasteiger partial charge is 0.407 e. The Morgan fingerprint density at radius 3 is 2.51 bits per heavy atom. The zero-order valence-corrected chi connectivity index (χ0v) is 24.8. The highest BCUT2D eigenvalue weighted by molar-refractivity contribution is 5.94. The van der Waals surface area contributed by atoms with Gasteiger partial charge in [-0.25, -0.2) is 4.79 Å². The van der Waals surface area contributed by atoms with Gasteiger partial charge in [-0.2, -0.15) is 0 Å². The van der Waals surface area contributed by atoms with Gasteiger partial charge >= 0.3 is 6.09 Å². The topological polar surface area (TPSA) is 121 Å². The molecule has 1 aromatic rings. The molecule has 2 fully saturated rings. The molecule has 1 aromatic carbocycles. The molecule has 11 nitrogen and oxygen atoms in total. The molecule has 0 unspecified atom stereocenters. The predicted octanol–water partition coefficient (Wildman–Crippen LogP) is 2.40. The number of hydrogen-bond acceptors (Lipinski definition) is 7. The van der Waals surface area contributed by atoms with E-state index in [-0.39, 0.29) is 49.5 Å². The Morgan fingerprint density at radius 2 is 1.78 bits per heavy atom. The number of ether oxygens (including phenoxy) is 2. The maximum atomic E-state index is 14.0. The average Bonchev–Trinajstić information content (AvgIpc) is 3.56. The second-order valence-corrected chi connectivity index (χ2v) is 12.4. The molecule has 3 heterocycles. The predicted molar refractivity (Wildman–Crippen MR) is 154 cm³/mol. The van der Waals surface area contributed by atoms with Crippen molar-refractivity contribution in [1.82, 2.24) is 25.3 Å². The summed E-state index contributed by atoms with van der Waals surface area (Å²) in [4.78, 5) is 58.0. The molecule has 2 saturated heterocycles. The molecule has 4 rings (SSSR count). The fraction of sp³-hybridized carbons (Fsp3) is 0.667. The van der Waals surface area contributed by atoms with Crippen molar-refractivity contribution in [2.75, 3.05) is 46.4 Å². The molecule has 2 bridgehead atoms. The Morgan fingerprint density at radius 1 is 1.05 bits per heavy atom. The van der Waals surface area contributed by atoms with Crippen molar-refractivity contribution >= 4 is 23.8 Å². The lowest BCUT2D eigenvalue weighted by Gasteiger charge is -2.30. The molecule has 11 heteroatoms. The van der Waals surface area contributed by atoms with Crippen LogP contribution in [0.25, 0.3) is 0 Å². The highest BCUT2D eigenvalue weighted by Crippen LogP contribution is 2.24. The van der Waals surface area contributed by atoms with Gasteiger partial charge in [-0.1, -0.05) is 6.07 Å². The number of carbonyl (C=O) groups excluding carboxylic acids is 4. The fourth-order valence-corrected chi connectivity index (χ4v) is 5.70. The molecular weight excluding hydrogens is 526 g/mol. The van der Waals surface area contributed by atoms with Crippen LogP contribution in [0.15, 0.2) is 24.3 Å². The number of hydrogen-bond donors (Lipinski definition) is 2. The van der Waals surface area contributed by atoms with Crippen LogP contribution in [0.2, 0.25) is 0 Å². The van der Waals surface area contributed by atoms with Crippen LogP contribution in [0.1, 0.15) is 69.7 Å². The van der Waals surface area contributed by atoms with Crippen molar-refractivity contribution in [3.8, 4) is 5.75 Å². The third kappa shape index (κ3) is 8.82. The zero-order chi connectivity index (χ0) is 29.6. The fourth-order valence-electron chi connectivity index (χ4n) is 5.70. The molecule has 3 aliphatic heterocycles. The van der Waals surface area contributed by atoms with Crippen molar-refractivity contribution in [3.63, 3.8) is 0 Å². The summed E-state index contributed by atoms with van der Waals surface area (Å²) in [6, 6.07) is 5.68. The number of carbonyl (C=O) groups is 4. The number of rotatable bonds is 4. The second-order valence-electron chi connectivity index (χ2n) is 12.4. The van der Waals surface area contributed by atoms with Crippen molar-refractivity contribution in [3.05, 3.63) is 29.8 Å². The molecule has 3 aliphatic rings. The Bertz CT molecular complexity index is 1100. The Hall–Kier alpha value is -3.34. The molecule has 0 radical (unpaired) electrons. The van der Waals surface area contributed by atoms with Crippen LogP contribution in [0, 0.1) is 0 Å². The van der Waals surface area contributed by atoms with E-state index in [0.717, 1.165) is 25.9 Å². The van der Waals surface area contributed by atoms with E-state index in [1.54, 1.807) is 61.9 Å². The summed E-state index contributed by atoms with van der Waals surface area (Å²) in [5, 5.41) is 5.91. The molecule has 4 amide bonds. The molecule has 0 spiro atoms. The average molecular weight is 572 g/mol. The lowest BCUT2D eigenvalue weighted by atomic mass is 10.1. The summed E-state index contributed by atoms with van der Waals surface area (Å²) < 4.78 is 11.5. The van der Waals surface area contributed by atoms with Gasteiger partial charge in [0, 0.05) is 25.7 Å². The Labute approximate surface area is 242 Å². The molecule has 2 N–H and O–H groups in total. The maximum Gasteiger partial charge on any atom is 0.407 e. The van der Waals surface area contributed by atoms with Gasteiger partial charge in [-0.3, -0.25) is 19.3 Å². The quantitative estimate of drug-likeness (QED) is 0.570.